The zero-order valence-electron chi connectivity index (χ0n) is 13.6. The highest BCUT2D eigenvalue weighted by molar-refractivity contribution is 5.93. The Kier molecular flexibility index (Phi) is 5.72. The molecule has 0 bridgehead atoms. The molecule has 1 aromatic heterocycles. The number of hydrogen-bond acceptors (Lipinski definition) is 7. The molecular formula is C16H16N2O7. The van der Waals surface area contributed by atoms with Crippen molar-refractivity contribution in [3.05, 3.63) is 57.5 Å². The second-order valence-electron chi connectivity index (χ2n) is 5.02. The Bertz CT molecular complexity index is 798. The van der Waals surface area contributed by atoms with Gasteiger partial charge < -0.3 is 19.2 Å². The van der Waals surface area contributed by atoms with Gasteiger partial charge in [0, 0.05) is 11.6 Å². The zero-order chi connectivity index (χ0) is 18.4. The third-order valence-electron chi connectivity index (χ3n) is 3.25. The Labute approximate surface area is 142 Å². The lowest BCUT2D eigenvalue weighted by Crippen LogP contribution is -2.29. The molecule has 0 aliphatic carbocycles. The molecule has 0 saturated heterocycles. The number of carbonyl (C=O) groups is 2. The fourth-order valence-electron chi connectivity index (χ4n) is 1.97. The number of aryl methyl sites for hydroxylation is 1. The summed E-state index contributed by atoms with van der Waals surface area (Å²) in [6.45, 7) is 1.40. The van der Waals surface area contributed by atoms with Gasteiger partial charge in [-0.3, -0.25) is 19.7 Å². The van der Waals surface area contributed by atoms with Crippen LogP contribution in [-0.2, 0) is 16.1 Å². The van der Waals surface area contributed by atoms with Crippen molar-refractivity contribution < 1.29 is 28.4 Å². The number of nitro benzene ring substituents is 1. The number of ether oxygens (including phenoxy) is 2. The highest BCUT2D eigenvalue weighted by Gasteiger charge is 2.14. The maximum atomic E-state index is 11.8. The molecule has 0 radical (unpaired) electrons. The molecule has 132 valence electrons. The Hall–Kier alpha value is -3.36. The molecule has 0 atom stereocenters. The number of benzene rings is 1. The van der Waals surface area contributed by atoms with Gasteiger partial charge in [-0.25, -0.2) is 0 Å². The Morgan fingerprint density at radius 3 is 2.68 bits per heavy atom. The Morgan fingerprint density at radius 1 is 1.28 bits per heavy atom. The van der Waals surface area contributed by atoms with Gasteiger partial charge in [-0.15, -0.1) is 0 Å². The smallest absolute Gasteiger partial charge is 0.325 e. The van der Waals surface area contributed by atoms with E-state index in [0.717, 1.165) is 0 Å². The Morgan fingerprint density at radius 2 is 2.04 bits per heavy atom. The fourth-order valence-corrected chi connectivity index (χ4v) is 1.97. The van der Waals surface area contributed by atoms with E-state index in [1.54, 1.807) is 19.1 Å². The molecule has 2 aromatic rings. The van der Waals surface area contributed by atoms with Crippen molar-refractivity contribution in [3.63, 3.8) is 0 Å². The quantitative estimate of drug-likeness (QED) is 0.461. The minimum Gasteiger partial charge on any atom is -0.486 e. The van der Waals surface area contributed by atoms with Crippen LogP contribution in [0.5, 0.6) is 5.75 Å². The molecule has 1 amide bonds. The van der Waals surface area contributed by atoms with Gasteiger partial charge in [-0.2, -0.15) is 0 Å². The number of rotatable bonds is 7. The van der Waals surface area contributed by atoms with E-state index in [1.165, 1.54) is 25.3 Å². The average molecular weight is 348 g/mol. The van der Waals surface area contributed by atoms with E-state index in [9.17, 15) is 19.7 Å². The zero-order valence-corrected chi connectivity index (χ0v) is 13.6. The van der Waals surface area contributed by atoms with Gasteiger partial charge in [0.1, 0.15) is 24.7 Å². The van der Waals surface area contributed by atoms with Crippen molar-refractivity contribution in [1.82, 2.24) is 5.32 Å². The van der Waals surface area contributed by atoms with Crippen LogP contribution in [-0.4, -0.2) is 30.5 Å². The molecule has 0 spiro atoms. The summed E-state index contributed by atoms with van der Waals surface area (Å²) in [4.78, 5) is 33.1. The number of nitrogens with zero attached hydrogens (tertiary/aromatic N) is 1. The minimum absolute atomic E-state index is 0.00918. The van der Waals surface area contributed by atoms with E-state index in [0.29, 0.717) is 17.1 Å². The fraction of sp³-hybridized carbons (Fsp3) is 0.250. The second-order valence-corrected chi connectivity index (χ2v) is 5.02. The number of hydrogen-bond donors (Lipinski definition) is 1. The molecule has 1 heterocycles. The van der Waals surface area contributed by atoms with Crippen LogP contribution in [0.25, 0.3) is 0 Å². The predicted octanol–water partition coefficient (Wildman–Crippen LogP) is 1.98. The van der Waals surface area contributed by atoms with Crippen LogP contribution in [0.1, 0.15) is 21.9 Å². The van der Waals surface area contributed by atoms with Crippen LogP contribution >= 0.6 is 0 Å². The topological polar surface area (TPSA) is 121 Å². The molecule has 1 aromatic carbocycles. The first-order valence-corrected chi connectivity index (χ1v) is 7.22. The van der Waals surface area contributed by atoms with E-state index >= 15 is 0 Å². The first-order chi connectivity index (χ1) is 11.9. The van der Waals surface area contributed by atoms with Crippen molar-refractivity contribution in [2.75, 3.05) is 13.7 Å². The standard InChI is InChI=1S/C16H16N2O7/c1-10-7-11(3-5-13(10)18(21)22)24-9-12-4-6-14(25-12)16(20)17-8-15(19)23-2/h3-7H,8-9H2,1-2H3,(H,17,20). The number of esters is 1. The van der Waals surface area contributed by atoms with Crippen molar-refractivity contribution in [2.24, 2.45) is 0 Å². The summed E-state index contributed by atoms with van der Waals surface area (Å²) in [6.07, 6.45) is 0. The van der Waals surface area contributed by atoms with Crippen molar-refractivity contribution in [1.29, 1.82) is 0 Å². The highest BCUT2D eigenvalue weighted by atomic mass is 16.6. The average Bonchev–Trinajstić information content (AvgIpc) is 3.06. The maximum Gasteiger partial charge on any atom is 0.325 e. The highest BCUT2D eigenvalue weighted by Crippen LogP contribution is 2.23. The van der Waals surface area contributed by atoms with Gasteiger partial charge in [-0.1, -0.05) is 0 Å². The van der Waals surface area contributed by atoms with Gasteiger partial charge in [0.15, 0.2) is 5.76 Å². The molecule has 9 nitrogen and oxygen atoms in total. The molecule has 25 heavy (non-hydrogen) atoms. The van der Waals surface area contributed by atoms with E-state index in [2.05, 4.69) is 10.1 Å². The second kappa shape index (κ2) is 7.95. The van der Waals surface area contributed by atoms with Gasteiger partial charge >= 0.3 is 5.97 Å². The van der Waals surface area contributed by atoms with Gasteiger partial charge in [0.05, 0.1) is 12.0 Å². The van der Waals surface area contributed by atoms with Crippen LogP contribution in [0.15, 0.2) is 34.7 Å². The van der Waals surface area contributed by atoms with Crippen molar-refractivity contribution in [2.45, 2.75) is 13.5 Å². The predicted molar refractivity (Wildman–Crippen MR) is 85.2 cm³/mol. The molecule has 0 unspecified atom stereocenters. The summed E-state index contributed by atoms with van der Waals surface area (Å²) in [7, 11) is 1.22. The molecule has 0 aliphatic rings. The van der Waals surface area contributed by atoms with Crippen molar-refractivity contribution >= 4 is 17.6 Å². The molecule has 9 heteroatoms. The van der Waals surface area contributed by atoms with E-state index in [4.69, 9.17) is 9.15 Å². The Balaban J connectivity index is 1.93. The first kappa shape index (κ1) is 18.0. The van der Waals surface area contributed by atoms with E-state index < -0.39 is 16.8 Å². The molecular weight excluding hydrogens is 332 g/mol. The van der Waals surface area contributed by atoms with Gasteiger partial charge in [-0.05, 0) is 31.2 Å². The third kappa shape index (κ3) is 4.80. The SMILES string of the molecule is COC(=O)CNC(=O)c1ccc(COc2ccc([N+](=O)[O-])c(C)c2)o1. The first-order valence-electron chi connectivity index (χ1n) is 7.22. The number of nitrogens with one attached hydrogen (secondary N) is 1. The summed E-state index contributed by atoms with van der Waals surface area (Å²) in [5, 5.41) is 13.1. The summed E-state index contributed by atoms with van der Waals surface area (Å²) in [6, 6.07) is 7.40. The maximum absolute atomic E-state index is 11.8. The van der Waals surface area contributed by atoms with E-state index in [1.807, 2.05) is 0 Å². The summed E-state index contributed by atoms with van der Waals surface area (Å²) < 4.78 is 15.2. The van der Waals surface area contributed by atoms with Crippen LogP contribution in [0.3, 0.4) is 0 Å². The summed E-state index contributed by atoms with van der Waals surface area (Å²) >= 11 is 0. The third-order valence-corrected chi connectivity index (χ3v) is 3.25. The number of amides is 1. The van der Waals surface area contributed by atoms with Crippen LogP contribution < -0.4 is 10.1 Å². The molecule has 1 N–H and O–H groups in total. The summed E-state index contributed by atoms with van der Waals surface area (Å²) in [5.74, 6) is -0.266. The van der Waals surface area contributed by atoms with Crippen LogP contribution in [0.2, 0.25) is 0 Å². The normalized spacial score (nSPS) is 10.2. The van der Waals surface area contributed by atoms with Crippen molar-refractivity contribution in [3.8, 4) is 5.75 Å². The minimum atomic E-state index is -0.572. The lowest BCUT2D eigenvalue weighted by atomic mass is 10.2. The lowest BCUT2D eigenvalue weighted by molar-refractivity contribution is -0.385. The molecule has 0 saturated carbocycles. The number of methoxy groups -OCH3 is 1. The molecule has 0 fully saturated rings. The summed E-state index contributed by atoms with van der Waals surface area (Å²) in [5.41, 5.74) is 0.486. The largest absolute Gasteiger partial charge is 0.486 e. The number of nitro groups is 1. The van der Waals surface area contributed by atoms with Gasteiger partial charge in [0.2, 0.25) is 0 Å². The van der Waals surface area contributed by atoms with Gasteiger partial charge in [0.25, 0.3) is 11.6 Å². The lowest BCUT2D eigenvalue weighted by Gasteiger charge is -2.05. The molecule has 0 aliphatic heterocycles. The number of carbonyl (C=O) groups excluding carboxylic acids is 2. The van der Waals surface area contributed by atoms with E-state index in [-0.39, 0.29) is 24.6 Å². The van der Waals surface area contributed by atoms with Crippen LogP contribution in [0, 0.1) is 17.0 Å². The van der Waals surface area contributed by atoms with Crippen LogP contribution in [0.4, 0.5) is 5.69 Å². The molecule has 2 rings (SSSR count). The number of furan rings is 1. The monoisotopic (exact) mass is 348 g/mol.